The van der Waals surface area contributed by atoms with Gasteiger partial charge in [0.15, 0.2) is 0 Å². The maximum absolute atomic E-state index is 6.44. The van der Waals surface area contributed by atoms with E-state index in [1.807, 2.05) is 13.0 Å². The molecule has 0 saturated carbocycles. The lowest BCUT2D eigenvalue weighted by Gasteiger charge is -2.33. The van der Waals surface area contributed by atoms with Gasteiger partial charge in [0, 0.05) is 11.6 Å². The number of likely N-dealkylation sites (N-methyl/N-ethyl adjacent to an activating group) is 1. The van der Waals surface area contributed by atoms with Crippen molar-refractivity contribution in [2.24, 2.45) is 5.73 Å². The summed E-state index contributed by atoms with van der Waals surface area (Å²) in [4.78, 5) is 2.50. The zero-order valence-electron chi connectivity index (χ0n) is 12.1. The number of ether oxygens (including phenoxy) is 1. The number of likely N-dealkylation sites (tertiary alicyclic amines) is 1. The lowest BCUT2D eigenvalue weighted by Crippen LogP contribution is -2.39. The molecule has 1 aromatic carbocycles. The van der Waals surface area contributed by atoms with Crippen LogP contribution in [0, 0.1) is 0 Å². The smallest absolute Gasteiger partial charge is 0.124 e. The van der Waals surface area contributed by atoms with Crippen molar-refractivity contribution in [3.05, 3.63) is 29.8 Å². The van der Waals surface area contributed by atoms with Crippen LogP contribution in [0.5, 0.6) is 5.75 Å². The summed E-state index contributed by atoms with van der Waals surface area (Å²) in [6.07, 6.45) is 3.57. The van der Waals surface area contributed by atoms with Crippen molar-refractivity contribution in [1.82, 2.24) is 4.90 Å². The van der Waals surface area contributed by atoms with Crippen molar-refractivity contribution in [1.29, 1.82) is 0 Å². The van der Waals surface area contributed by atoms with Crippen LogP contribution in [-0.2, 0) is 0 Å². The minimum atomic E-state index is 0.198. The number of nitrogens with two attached hydrogens (primary N) is 1. The highest BCUT2D eigenvalue weighted by Gasteiger charge is 2.29. The molecule has 1 aliphatic rings. The van der Waals surface area contributed by atoms with Crippen molar-refractivity contribution in [2.45, 2.75) is 45.2 Å². The molecule has 2 rings (SSSR count). The number of hydrogen-bond donors (Lipinski definition) is 1. The maximum Gasteiger partial charge on any atom is 0.124 e. The fourth-order valence-electron chi connectivity index (χ4n) is 3.06. The molecule has 2 unspecified atom stereocenters. The molecule has 0 aliphatic carbocycles. The second kappa shape index (κ2) is 6.92. The quantitative estimate of drug-likeness (QED) is 0.906. The highest BCUT2D eigenvalue weighted by molar-refractivity contribution is 5.37. The van der Waals surface area contributed by atoms with Gasteiger partial charge in [0.2, 0.25) is 0 Å². The second-order valence-corrected chi connectivity index (χ2v) is 5.20. The van der Waals surface area contributed by atoms with Crippen molar-refractivity contribution in [3.63, 3.8) is 0 Å². The van der Waals surface area contributed by atoms with Gasteiger partial charge in [-0.2, -0.15) is 0 Å². The van der Waals surface area contributed by atoms with Crippen LogP contribution in [0.25, 0.3) is 0 Å². The van der Waals surface area contributed by atoms with Crippen LogP contribution in [0.2, 0.25) is 0 Å². The van der Waals surface area contributed by atoms with Gasteiger partial charge in [-0.25, -0.2) is 0 Å². The standard InChI is InChI=1S/C16H26N2O/c1-3-18-12-8-7-10-14(17)16(18)13-9-5-6-11-15(13)19-4-2/h5-6,9,11,14,16H,3-4,7-8,10,12,17H2,1-2H3. The van der Waals surface area contributed by atoms with E-state index in [0.717, 1.165) is 25.3 Å². The van der Waals surface area contributed by atoms with Gasteiger partial charge < -0.3 is 10.5 Å². The van der Waals surface area contributed by atoms with Crippen molar-refractivity contribution >= 4 is 0 Å². The summed E-state index contributed by atoms with van der Waals surface area (Å²) in [5, 5.41) is 0. The Kier molecular flexibility index (Phi) is 5.23. The average Bonchev–Trinajstić information content (AvgIpc) is 2.61. The van der Waals surface area contributed by atoms with E-state index in [9.17, 15) is 0 Å². The Morgan fingerprint density at radius 2 is 2.05 bits per heavy atom. The largest absolute Gasteiger partial charge is 0.494 e. The van der Waals surface area contributed by atoms with Gasteiger partial charge in [-0.15, -0.1) is 0 Å². The zero-order chi connectivity index (χ0) is 13.7. The molecule has 1 aromatic rings. The highest BCUT2D eigenvalue weighted by Crippen LogP contribution is 2.34. The van der Waals surface area contributed by atoms with Crippen molar-refractivity contribution in [2.75, 3.05) is 19.7 Å². The molecule has 0 bridgehead atoms. The van der Waals surface area contributed by atoms with Gasteiger partial charge >= 0.3 is 0 Å². The average molecular weight is 262 g/mol. The second-order valence-electron chi connectivity index (χ2n) is 5.20. The molecule has 1 fully saturated rings. The third-order valence-electron chi connectivity index (χ3n) is 3.98. The summed E-state index contributed by atoms with van der Waals surface area (Å²) in [5.41, 5.74) is 7.70. The Balaban J connectivity index is 2.34. The Hall–Kier alpha value is -1.06. The first-order chi connectivity index (χ1) is 9.27. The normalized spacial score (nSPS) is 25.0. The third-order valence-corrected chi connectivity index (χ3v) is 3.98. The molecule has 0 spiro atoms. The predicted molar refractivity (Wildman–Crippen MR) is 79.4 cm³/mol. The van der Waals surface area contributed by atoms with E-state index in [0.29, 0.717) is 6.61 Å². The van der Waals surface area contributed by atoms with Crippen molar-refractivity contribution < 1.29 is 4.74 Å². The number of hydrogen-bond acceptors (Lipinski definition) is 3. The molecule has 3 heteroatoms. The van der Waals surface area contributed by atoms with Crippen LogP contribution < -0.4 is 10.5 Å². The first kappa shape index (κ1) is 14.4. The van der Waals surface area contributed by atoms with Gasteiger partial charge in [0.1, 0.15) is 5.75 Å². The first-order valence-corrected chi connectivity index (χ1v) is 7.49. The summed E-state index contributed by atoms with van der Waals surface area (Å²) in [7, 11) is 0. The number of benzene rings is 1. The van der Waals surface area contributed by atoms with E-state index >= 15 is 0 Å². The zero-order valence-corrected chi connectivity index (χ0v) is 12.1. The minimum absolute atomic E-state index is 0.198. The monoisotopic (exact) mass is 262 g/mol. The van der Waals surface area contributed by atoms with Crippen LogP contribution in [-0.4, -0.2) is 30.6 Å². The van der Waals surface area contributed by atoms with Crippen LogP contribution in [0.3, 0.4) is 0 Å². The third kappa shape index (κ3) is 3.28. The molecular weight excluding hydrogens is 236 g/mol. The summed E-state index contributed by atoms with van der Waals surface area (Å²) >= 11 is 0. The van der Waals surface area contributed by atoms with Gasteiger partial charge in [-0.3, -0.25) is 4.90 Å². The first-order valence-electron chi connectivity index (χ1n) is 7.49. The maximum atomic E-state index is 6.44. The fraction of sp³-hybridized carbons (Fsp3) is 0.625. The van der Waals surface area contributed by atoms with Crippen LogP contribution in [0.4, 0.5) is 0 Å². The lowest BCUT2D eigenvalue weighted by molar-refractivity contribution is 0.189. The van der Waals surface area contributed by atoms with E-state index in [1.165, 1.54) is 18.4 Å². The molecular formula is C16H26N2O. The van der Waals surface area contributed by atoms with E-state index in [2.05, 4.69) is 30.0 Å². The molecule has 0 amide bonds. The number of para-hydroxylation sites is 1. The molecule has 106 valence electrons. The molecule has 1 heterocycles. The molecule has 0 aromatic heterocycles. The molecule has 1 saturated heterocycles. The van der Waals surface area contributed by atoms with E-state index in [-0.39, 0.29) is 12.1 Å². The summed E-state index contributed by atoms with van der Waals surface area (Å²) < 4.78 is 5.79. The summed E-state index contributed by atoms with van der Waals surface area (Å²) in [5.74, 6) is 0.991. The SMILES string of the molecule is CCOc1ccccc1C1C(N)CCCCN1CC. The van der Waals surface area contributed by atoms with Crippen LogP contribution in [0.15, 0.2) is 24.3 Å². The highest BCUT2D eigenvalue weighted by atomic mass is 16.5. The van der Waals surface area contributed by atoms with Gasteiger partial charge in [0.05, 0.1) is 12.6 Å². The van der Waals surface area contributed by atoms with Crippen molar-refractivity contribution in [3.8, 4) is 5.75 Å². The topological polar surface area (TPSA) is 38.5 Å². The van der Waals surface area contributed by atoms with Crippen LogP contribution in [0.1, 0.15) is 44.7 Å². The summed E-state index contributed by atoms with van der Waals surface area (Å²) in [6.45, 7) is 7.12. The molecule has 2 N–H and O–H groups in total. The number of rotatable bonds is 4. The molecule has 19 heavy (non-hydrogen) atoms. The Morgan fingerprint density at radius 3 is 2.79 bits per heavy atom. The summed E-state index contributed by atoms with van der Waals surface area (Å²) in [6, 6.07) is 8.84. The number of nitrogens with zero attached hydrogens (tertiary/aromatic N) is 1. The Morgan fingerprint density at radius 1 is 1.26 bits per heavy atom. The molecule has 3 nitrogen and oxygen atoms in total. The van der Waals surface area contributed by atoms with Gasteiger partial charge in [0.25, 0.3) is 0 Å². The molecule has 1 aliphatic heterocycles. The van der Waals surface area contributed by atoms with E-state index < -0.39 is 0 Å². The van der Waals surface area contributed by atoms with E-state index in [1.54, 1.807) is 0 Å². The molecule has 0 radical (unpaired) electrons. The minimum Gasteiger partial charge on any atom is -0.494 e. The Bertz CT molecular complexity index is 394. The fourth-order valence-corrected chi connectivity index (χ4v) is 3.06. The molecule has 2 atom stereocenters. The van der Waals surface area contributed by atoms with Crippen LogP contribution >= 0.6 is 0 Å². The predicted octanol–water partition coefficient (Wildman–Crippen LogP) is 2.96. The van der Waals surface area contributed by atoms with Gasteiger partial charge in [-0.1, -0.05) is 31.5 Å². The Labute approximate surface area is 116 Å². The van der Waals surface area contributed by atoms with E-state index in [4.69, 9.17) is 10.5 Å². The van der Waals surface area contributed by atoms with Gasteiger partial charge in [-0.05, 0) is 38.9 Å². The lowest BCUT2D eigenvalue weighted by atomic mass is 9.95.